The molecule has 0 N–H and O–H groups in total. The summed E-state index contributed by atoms with van der Waals surface area (Å²) in [5.41, 5.74) is 0. The molecule has 0 aliphatic carbocycles. The zero-order chi connectivity index (χ0) is 7.40. The Balaban J connectivity index is 2.28. The molecule has 0 aromatic rings. The van der Waals surface area contributed by atoms with Crippen molar-refractivity contribution in [2.75, 3.05) is 26.2 Å². The molecule has 1 fully saturated rings. The second-order valence-corrected chi connectivity index (χ2v) is 3.15. The van der Waals surface area contributed by atoms with E-state index < -0.39 is 0 Å². The van der Waals surface area contributed by atoms with Crippen molar-refractivity contribution in [3.8, 4) is 0 Å². The van der Waals surface area contributed by atoms with Gasteiger partial charge in [0.15, 0.2) is 0 Å². The van der Waals surface area contributed by atoms with E-state index in [0.717, 1.165) is 19.6 Å². The Bertz CT molecular complexity index is 83.3. The van der Waals surface area contributed by atoms with Crippen molar-refractivity contribution >= 4 is 0 Å². The molecule has 0 atom stereocenters. The predicted octanol–water partition coefficient (Wildman–Crippen LogP) is 0.705. The van der Waals surface area contributed by atoms with E-state index in [1.165, 1.54) is 13.0 Å². The minimum Gasteiger partial charge on any atom is -0.300 e. The summed E-state index contributed by atoms with van der Waals surface area (Å²) < 4.78 is 0. The second kappa shape index (κ2) is 3.94. The van der Waals surface area contributed by atoms with E-state index in [-0.39, 0.29) is 0 Å². The molecule has 2 nitrogen and oxygen atoms in total. The largest absolute Gasteiger partial charge is 0.300 e. The molecule has 1 heterocycles. The van der Waals surface area contributed by atoms with Crippen LogP contribution in [0, 0.1) is 0 Å². The predicted molar refractivity (Wildman–Crippen MR) is 43.2 cm³/mol. The topological polar surface area (TPSA) is 17.3 Å². The fourth-order valence-electron chi connectivity index (χ4n) is 1.32. The highest BCUT2D eigenvalue weighted by atomic mass is 15.2. The Morgan fingerprint density at radius 3 is 2.70 bits per heavy atom. The van der Waals surface area contributed by atoms with Crippen LogP contribution in [0.4, 0.5) is 0 Å². The molecule has 0 aromatic heterocycles. The maximum absolute atomic E-state index is 4.36. The van der Waals surface area contributed by atoms with Gasteiger partial charge < -0.3 is 0 Å². The highest BCUT2D eigenvalue weighted by molar-refractivity contribution is 4.68. The quantitative estimate of drug-likeness (QED) is 0.525. The van der Waals surface area contributed by atoms with Gasteiger partial charge in [-0.25, -0.2) is 5.32 Å². The van der Waals surface area contributed by atoms with Gasteiger partial charge >= 0.3 is 0 Å². The maximum Gasteiger partial charge on any atom is 0.0261 e. The first-order valence-electron chi connectivity index (χ1n) is 4.18. The highest BCUT2D eigenvalue weighted by Gasteiger charge is 2.10. The Labute approximate surface area is 63.6 Å². The van der Waals surface area contributed by atoms with Gasteiger partial charge in [-0.2, -0.15) is 0 Å². The van der Waals surface area contributed by atoms with Crippen molar-refractivity contribution in [2.24, 2.45) is 0 Å². The van der Waals surface area contributed by atoms with Gasteiger partial charge in [-0.15, -0.1) is 0 Å². The lowest BCUT2D eigenvalue weighted by Crippen LogP contribution is -2.33. The SMILES string of the molecule is CC(C)N1CCC[N]CC1. The van der Waals surface area contributed by atoms with Gasteiger partial charge in [0.1, 0.15) is 0 Å². The molecular formula is C8H17N2. The summed E-state index contributed by atoms with van der Waals surface area (Å²) >= 11 is 0. The third kappa shape index (κ3) is 2.27. The highest BCUT2D eigenvalue weighted by Crippen LogP contribution is 2.00. The Morgan fingerprint density at radius 2 is 2.00 bits per heavy atom. The van der Waals surface area contributed by atoms with Crippen LogP contribution in [0.3, 0.4) is 0 Å². The molecule has 0 aromatic carbocycles. The van der Waals surface area contributed by atoms with Crippen molar-refractivity contribution in [3.63, 3.8) is 0 Å². The minimum absolute atomic E-state index is 0.702. The van der Waals surface area contributed by atoms with Crippen LogP contribution < -0.4 is 5.32 Å². The van der Waals surface area contributed by atoms with Crippen molar-refractivity contribution in [3.05, 3.63) is 0 Å². The molecule has 0 spiro atoms. The van der Waals surface area contributed by atoms with Gasteiger partial charge in [-0.05, 0) is 26.8 Å². The lowest BCUT2D eigenvalue weighted by molar-refractivity contribution is 0.237. The fourth-order valence-corrected chi connectivity index (χ4v) is 1.32. The van der Waals surface area contributed by atoms with Crippen LogP contribution >= 0.6 is 0 Å². The molecule has 10 heavy (non-hydrogen) atoms. The normalized spacial score (nSPS) is 23.1. The monoisotopic (exact) mass is 141 g/mol. The summed E-state index contributed by atoms with van der Waals surface area (Å²) in [6, 6.07) is 0.702. The molecule has 0 saturated carbocycles. The first kappa shape index (κ1) is 8.02. The number of rotatable bonds is 1. The number of nitrogens with zero attached hydrogens (tertiary/aromatic N) is 2. The maximum atomic E-state index is 4.36. The molecule has 0 unspecified atom stereocenters. The van der Waals surface area contributed by atoms with Crippen molar-refractivity contribution < 1.29 is 0 Å². The summed E-state index contributed by atoms with van der Waals surface area (Å²) in [5, 5.41) is 4.36. The third-order valence-electron chi connectivity index (χ3n) is 2.04. The zero-order valence-electron chi connectivity index (χ0n) is 7.01. The Kier molecular flexibility index (Phi) is 3.16. The minimum atomic E-state index is 0.702. The van der Waals surface area contributed by atoms with Gasteiger partial charge in [-0.1, -0.05) is 0 Å². The van der Waals surface area contributed by atoms with E-state index in [4.69, 9.17) is 0 Å². The van der Waals surface area contributed by atoms with Crippen LogP contribution in [0.15, 0.2) is 0 Å². The molecule has 2 heteroatoms. The first-order chi connectivity index (χ1) is 4.80. The summed E-state index contributed by atoms with van der Waals surface area (Å²) in [5.74, 6) is 0. The Hall–Kier alpha value is -0.0800. The molecule has 1 aliphatic rings. The van der Waals surface area contributed by atoms with Gasteiger partial charge in [0.2, 0.25) is 0 Å². The fraction of sp³-hybridized carbons (Fsp3) is 1.00. The van der Waals surface area contributed by atoms with E-state index in [9.17, 15) is 0 Å². The number of hydrogen-bond acceptors (Lipinski definition) is 1. The van der Waals surface area contributed by atoms with Crippen molar-refractivity contribution in [1.82, 2.24) is 10.2 Å². The zero-order valence-corrected chi connectivity index (χ0v) is 7.01. The number of hydrogen-bond donors (Lipinski definition) is 0. The molecular weight excluding hydrogens is 124 g/mol. The summed E-state index contributed by atoms with van der Waals surface area (Å²) in [7, 11) is 0. The Morgan fingerprint density at radius 1 is 1.20 bits per heavy atom. The van der Waals surface area contributed by atoms with Gasteiger partial charge in [0.05, 0.1) is 0 Å². The van der Waals surface area contributed by atoms with E-state index in [1.807, 2.05) is 0 Å². The third-order valence-corrected chi connectivity index (χ3v) is 2.04. The van der Waals surface area contributed by atoms with E-state index in [1.54, 1.807) is 0 Å². The molecule has 1 aliphatic heterocycles. The summed E-state index contributed by atoms with van der Waals surface area (Å²) in [4.78, 5) is 2.50. The smallest absolute Gasteiger partial charge is 0.0261 e. The van der Waals surface area contributed by atoms with Crippen molar-refractivity contribution in [2.45, 2.75) is 26.3 Å². The first-order valence-corrected chi connectivity index (χ1v) is 4.18. The molecule has 1 radical (unpaired) electrons. The van der Waals surface area contributed by atoms with Crippen LogP contribution in [-0.4, -0.2) is 37.1 Å². The molecule has 1 rings (SSSR count). The molecule has 1 saturated heterocycles. The van der Waals surface area contributed by atoms with Crippen LogP contribution in [0.5, 0.6) is 0 Å². The average molecular weight is 141 g/mol. The van der Waals surface area contributed by atoms with Gasteiger partial charge in [0, 0.05) is 25.7 Å². The van der Waals surface area contributed by atoms with Crippen LogP contribution in [0.2, 0.25) is 0 Å². The molecule has 0 bridgehead atoms. The lowest BCUT2D eigenvalue weighted by atomic mass is 10.3. The summed E-state index contributed by atoms with van der Waals surface area (Å²) in [6.45, 7) is 9.02. The molecule has 0 amide bonds. The van der Waals surface area contributed by atoms with Gasteiger partial charge in [-0.3, -0.25) is 4.90 Å². The van der Waals surface area contributed by atoms with Gasteiger partial charge in [0.25, 0.3) is 0 Å². The molecule has 59 valence electrons. The van der Waals surface area contributed by atoms with E-state index in [0.29, 0.717) is 6.04 Å². The van der Waals surface area contributed by atoms with E-state index >= 15 is 0 Å². The van der Waals surface area contributed by atoms with Crippen LogP contribution in [0.1, 0.15) is 20.3 Å². The lowest BCUT2D eigenvalue weighted by Gasteiger charge is -2.23. The standard InChI is InChI=1S/C8H17N2/c1-8(2)10-6-3-4-9-5-7-10/h8H,3-7H2,1-2H3. The second-order valence-electron chi connectivity index (χ2n) is 3.15. The average Bonchev–Trinajstić information content (AvgIpc) is 2.12. The van der Waals surface area contributed by atoms with Crippen molar-refractivity contribution in [1.29, 1.82) is 0 Å². The van der Waals surface area contributed by atoms with Crippen LogP contribution in [-0.2, 0) is 0 Å². The van der Waals surface area contributed by atoms with Crippen LogP contribution in [0.25, 0.3) is 0 Å². The van der Waals surface area contributed by atoms with E-state index in [2.05, 4.69) is 24.1 Å². The summed E-state index contributed by atoms with van der Waals surface area (Å²) in [6.07, 6.45) is 1.25.